The molecule has 1 aliphatic heterocycles. The third-order valence-corrected chi connectivity index (χ3v) is 2.89. The predicted molar refractivity (Wildman–Crippen MR) is 57.4 cm³/mol. The van der Waals surface area contributed by atoms with Crippen molar-refractivity contribution in [1.82, 2.24) is 14.9 Å². The Labute approximate surface area is 90.0 Å². The molecule has 82 valence electrons. The summed E-state index contributed by atoms with van der Waals surface area (Å²) in [5, 5.41) is 8.97. The van der Waals surface area contributed by atoms with Crippen LogP contribution in [0.15, 0.2) is 12.3 Å². The molecule has 1 aromatic rings. The Hall–Kier alpha value is -1.00. The number of aliphatic hydroxyl groups is 1. The molecule has 1 fully saturated rings. The summed E-state index contributed by atoms with van der Waals surface area (Å²) in [6.45, 7) is 3.94. The normalized spacial score (nSPS) is 22.1. The standard InChI is InChI=1S/C11H17N3O/c1-9-12-5-4-10(13-9)11-3-2-6-14(11)7-8-15/h4-5,11,15H,2-3,6-8H2,1H3/t11-/m0/s1. The van der Waals surface area contributed by atoms with Crippen LogP contribution in [0.4, 0.5) is 0 Å². The van der Waals surface area contributed by atoms with E-state index < -0.39 is 0 Å². The zero-order chi connectivity index (χ0) is 10.7. The quantitative estimate of drug-likeness (QED) is 0.800. The van der Waals surface area contributed by atoms with Gasteiger partial charge < -0.3 is 5.11 Å². The molecule has 1 aromatic heterocycles. The lowest BCUT2D eigenvalue weighted by Crippen LogP contribution is -2.27. The van der Waals surface area contributed by atoms with Crippen LogP contribution < -0.4 is 0 Å². The van der Waals surface area contributed by atoms with E-state index in [1.807, 2.05) is 19.2 Å². The highest BCUT2D eigenvalue weighted by Crippen LogP contribution is 2.29. The number of β-amino-alcohol motifs (C(OH)–C–C–N with tert-alkyl or cyclic N) is 1. The minimum Gasteiger partial charge on any atom is -0.395 e. The first-order valence-corrected chi connectivity index (χ1v) is 5.45. The molecule has 1 saturated heterocycles. The van der Waals surface area contributed by atoms with Crippen molar-refractivity contribution >= 4 is 0 Å². The van der Waals surface area contributed by atoms with Crippen LogP contribution >= 0.6 is 0 Å². The van der Waals surface area contributed by atoms with E-state index in [0.29, 0.717) is 6.04 Å². The maximum atomic E-state index is 8.97. The molecule has 2 rings (SSSR count). The van der Waals surface area contributed by atoms with Crippen molar-refractivity contribution in [2.45, 2.75) is 25.8 Å². The molecule has 0 radical (unpaired) electrons. The van der Waals surface area contributed by atoms with Gasteiger partial charge in [-0.15, -0.1) is 0 Å². The molecule has 0 aromatic carbocycles. The lowest BCUT2D eigenvalue weighted by molar-refractivity contribution is 0.183. The van der Waals surface area contributed by atoms with Gasteiger partial charge in [0.25, 0.3) is 0 Å². The van der Waals surface area contributed by atoms with Gasteiger partial charge in [0.1, 0.15) is 5.82 Å². The number of aryl methyl sites for hydroxylation is 1. The fraction of sp³-hybridized carbons (Fsp3) is 0.636. The number of aromatic nitrogens is 2. The topological polar surface area (TPSA) is 49.2 Å². The molecule has 0 spiro atoms. The van der Waals surface area contributed by atoms with Crippen LogP contribution in [-0.2, 0) is 0 Å². The number of hydrogen-bond acceptors (Lipinski definition) is 4. The van der Waals surface area contributed by atoms with Crippen LogP contribution in [-0.4, -0.2) is 39.7 Å². The van der Waals surface area contributed by atoms with Crippen molar-refractivity contribution in [3.8, 4) is 0 Å². The summed E-state index contributed by atoms with van der Waals surface area (Å²) in [5.41, 5.74) is 1.09. The van der Waals surface area contributed by atoms with Gasteiger partial charge in [0.2, 0.25) is 0 Å². The van der Waals surface area contributed by atoms with Crippen LogP contribution in [0.25, 0.3) is 0 Å². The van der Waals surface area contributed by atoms with Crippen molar-refractivity contribution in [2.24, 2.45) is 0 Å². The van der Waals surface area contributed by atoms with E-state index >= 15 is 0 Å². The molecule has 0 amide bonds. The maximum absolute atomic E-state index is 8.97. The highest BCUT2D eigenvalue weighted by molar-refractivity contribution is 5.09. The molecular formula is C11H17N3O. The number of aliphatic hydroxyl groups excluding tert-OH is 1. The average molecular weight is 207 g/mol. The van der Waals surface area contributed by atoms with Crippen LogP contribution in [0.3, 0.4) is 0 Å². The summed E-state index contributed by atoms with van der Waals surface area (Å²) >= 11 is 0. The summed E-state index contributed by atoms with van der Waals surface area (Å²) < 4.78 is 0. The monoisotopic (exact) mass is 207 g/mol. The molecular weight excluding hydrogens is 190 g/mol. The molecule has 0 bridgehead atoms. The van der Waals surface area contributed by atoms with Crippen molar-refractivity contribution < 1.29 is 5.11 Å². The Balaban J connectivity index is 2.15. The summed E-state index contributed by atoms with van der Waals surface area (Å²) in [6, 6.07) is 2.35. The van der Waals surface area contributed by atoms with Gasteiger partial charge in [-0.25, -0.2) is 9.97 Å². The molecule has 0 saturated carbocycles. The minimum atomic E-state index is 0.223. The van der Waals surface area contributed by atoms with Crippen molar-refractivity contribution in [2.75, 3.05) is 19.7 Å². The van der Waals surface area contributed by atoms with E-state index in [1.54, 1.807) is 0 Å². The molecule has 15 heavy (non-hydrogen) atoms. The number of rotatable bonds is 3. The Morgan fingerprint density at radius 1 is 1.60 bits per heavy atom. The summed E-state index contributed by atoms with van der Waals surface area (Å²) in [4.78, 5) is 10.8. The van der Waals surface area contributed by atoms with Crippen LogP contribution in [0.1, 0.15) is 30.4 Å². The van der Waals surface area contributed by atoms with Gasteiger partial charge in [-0.2, -0.15) is 0 Å². The molecule has 0 aliphatic carbocycles. The van der Waals surface area contributed by atoms with Gasteiger partial charge in [0.05, 0.1) is 18.3 Å². The van der Waals surface area contributed by atoms with E-state index in [4.69, 9.17) is 5.11 Å². The van der Waals surface area contributed by atoms with E-state index in [-0.39, 0.29) is 6.61 Å². The van der Waals surface area contributed by atoms with Gasteiger partial charge in [-0.1, -0.05) is 0 Å². The molecule has 1 N–H and O–H groups in total. The molecule has 4 nitrogen and oxygen atoms in total. The minimum absolute atomic E-state index is 0.223. The Bertz CT molecular complexity index is 329. The molecule has 4 heteroatoms. The first-order chi connectivity index (χ1) is 7.31. The maximum Gasteiger partial charge on any atom is 0.125 e. The van der Waals surface area contributed by atoms with Crippen LogP contribution in [0, 0.1) is 6.92 Å². The first-order valence-electron chi connectivity index (χ1n) is 5.45. The van der Waals surface area contributed by atoms with Gasteiger partial charge in [0, 0.05) is 12.7 Å². The van der Waals surface area contributed by atoms with E-state index in [1.165, 1.54) is 6.42 Å². The van der Waals surface area contributed by atoms with Crippen LogP contribution in [0.2, 0.25) is 0 Å². The first kappa shape index (κ1) is 10.5. The molecule has 1 aliphatic rings. The van der Waals surface area contributed by atoms with Crippen molar-refractivity contribution in [3.63, 3.8) is 0 Å². The van der Waals surface area contributed by atoms with Crippen molar-refractivity contribution in [1.29, 1.82) is 0 Å². The second-order valence-electron chi connectivity index (χ2n) is 3.95. The van der Waals surface area contributed by atoms with E-state index in [9.17, 15) is 0 Å². The zero-order valence-corrected chi connectivity index (χ0v) is 9.06. The Morgan fingerprint density at radius 2 is 2.47 bits per heavy atom. The summed E-state index contributed by atoms with van der Waals surface area (Å²) in [7, 11) is 0. The van der Waals surface area contributed by atoms with E-state index in [2.05, 4.69) is 14.9 Å². The highest BCUT2D eigenvalue weighted by atomic mass is 16.3. The van der Waals surface area contributed by atoms with Crippen molar-refractivity contribution in [3.05, 3.63) is 23.8 Å². The number of hydrogen-bond donors (Lipinski definition) is 1. The summed E-state index contributed by atoms with van der Waals surface area (Å²) in [5.74, 6) is 0.823. The zero-order valence-electron chi connectivity index (χ0n) is 9.06. The second-order valence-corrected chi connectivity index (χ2v) is 3.95. The van der Waals surface area contributed by atoms with E-state index in [0.717, 1.165) is 31.0 Å². The summed E-state index contributed by atoms with van der Waals surface area (Å²) in [6.07, 6.45) is 4.14. The Morgan fingerprint density at radius 3 is 3.20 bits per heavy atom. The third kappa shape index (κ3) is 2.33. The molecule has 2 heterocycles. The fourth-order valence-corrected chi connectivity index (χ4v) is 2.22. The van der Waals surface area contributed by atoms with Gasteiger partial charge in [-0.3, -0.25) is 4.90 Å². The SMILES string of the molecule is Cc1nccc([C@@H]2CCCN2CCO)n1. The second kappa shape index (κ2) is 4.68. The molecule has 1 atom stereocenters. The molecule has 0 unspecified atom stereocenters. The fourth-order valence-electron chi connectivity index (χ4n) is 2.22. The van der Waals surface area contributed by atoms with Gasteiger partial charge in [0.15, 0.2) is 0 Å². The third-order valence-electron chi connectivity index (χ3n) is 2.89. The Kier molecular flexibility index (Phi) is 3.28. The van der Waals surface area contributed by atoms with Gasteiger partial charge in [-0.05, 0) is 32.4 Å². The number of nitrogens with zero attached hydrogens (tertiary/aromatic N) is 3. The highest BCUT2D eigenvalue weighted by Gasteiger charge is 2.26. The largest absolute Gasteiger partial charge is 0.395 e. The smallest absolute Gasteiger partial charge is 0.125 e. The lowest BCUT2D eigenvalue weighted by atomic mass is 10.1. The number of likely N-dealkylation sites (tertiary alicyclic amines) is 1. The average Bonchev–Trinajstić information content (AvgIpc) is 2.66. The lowest BCUT2D eigenvalue weighted by Gasteiger charge is -2.22. The predicted octanol–water partition coefficient (Wildman–Crippen LogP) is 0.914. The van der Waals surface area contributed by atoms with Crippen LogP contribution in [0.5, 0.6) is 0 Å². The van der Waals surface area contributed by atoms with Gasteiger partial charge >= 0.3 is 0 Å².